The van der Waals surface area contributed by atoms with E-state index in [1.54, 1.807) is 23.3 Å². The molecule has 0 fully saturated rings. The number of aliphatic hydroxyl groups excluding tert-OH is 1. The van der Waals surface area contributed by atoms with Gasteiger partial charge in [-0.25, -0.2) is 20.8 Å². The van der Waals surface area contributed by atoms with Crippen molar-refractivity contribution in [3.63, 3.8) is 0 Å². The Morgan fingerprint density at radius 2 is 2.00 bits per heavy atom. The summed E-state index contributed by atoms with van der Waals surface area (Å²) in [5, 5.41) is 16.8. The fourth-order valence-corrected chi connectivity index (χ4v) is 2.79. The molecule has 138 valence electrons. The molecule has 0 bridgehead atoms. The first-order chi connectivity index (χ1) is 13.2. The van der Waals surface area contributed by atoms with Crippen LogP contribution in [0.1, 0.15) is 11.3 Å². The zero-order valence-electron chi connectivity index (χ0n) is 14.7. The van der Waals surface area contributed by atoms with Gasteiger partial charge in [-0.3, -0.25) is 4.68 Å². The Hall–Kier alpha value is -3.50. The van der Waals surface area contributed by atoms with Crippen molar-refractivity contribution >= 4 is 17.3 Å². The fraction of sp³-hybridized carbons (Fsp3) is 0.176. The second kappa shape index (κ2) is 7.02. The molecule has 10 nitrogen and oxygen atoms in total. The highest BCUT2D eigenvalue weighted by atomic mass is 16.3. The molecule has 0 atom stereocenters. The third kappa shape index (κ3) is 3.30. The maximum atomic E-state index is 9.41. The molecule has 0 saturated heterocycles. The summed E-state index contributed by atoms with van der Waals surface area (Å²) < 4.78 is 3.56. The first kappa shape index (κ1) is 16.9. The average molecular weight is 365 g/mol. The second-order valence-corrected chi connectivity index (χ2v) is 6.03. The molecule has 4 rings (SSSR count). The smallest absolute Gasteiger partial charge is 0.183 e. The van der Waals surface area contributed by atoms with Crippen molar-refractivity contribution in [2.75, 3.05) is 10.7 Å². The van der Waals surface area contributed by atoms with Crippen LogP contribution in [0.3, 0.4) is 0 Å². The number of rotatable bonds is 6. The van der Waals surface area contributed by atoms with Crippen LogP contribution in [0.5, 0.6) is 0 Å². The lowest BCUT2D eigenvalue weighted by molar-refractivity contribution is 0.276. The Labute approximate surface area is 154 Å². The van der Waals surface area contributed by atoms with Crippen LogP contribution >= 0.6 is 0 Å². The summed E-state index contributed by atoms with van der Waals surface area (Å²) >= 11 is 0. The number of nitrogens with zero attached hydrogens (tertiary/aromatic N) is 6. The third-order valence-electron chi connectivity index (χ3n) is 4.18. The highest BCUT2D eigenvalue weighted by Gasteiger charge is 2.10. The number of aromatic nitrogens is 6. The lowest BCUT2D eigenvalue weighted by Crippen LogP contribution is -2.13. The summed E-state index contributed by atoms with van der Waals surface area (Å²) in [5.41, 5.74) is 6.62. The van der Waals surface area contributed by atoms with E-state index in [1.165, 1.54) is 0 Å². The van der Waals surface area contributed by atoms with Gasteiger partial charge < -0.3 is 20.2 Å². The standard InChI is InChI=1S/C17H19N9O/c1-25-9-12(5-22-25)14-7-21-17(24-18)16(23-14)20-4-11-2-3-15-19-6-13(10-27)26(15)8-11/h2-3,5-9,27H,4,10,18H2,1H3,(H,20,23)(H,21,24). The van der Waals surface area contributed by atoms with Crippen molar-refractivity contribution < 1.29 is 5.11 Å². The topological polar surface area (TPSA) is 131 Å². The molecule has 0 aliphatic rings. The van der Waals surface area contributed by atoms with E-state index in [-0.39, 0.29) is 6.61 Å². The van der Waals surface area contributed by atoms with E-state index in [2.05, 4.69) is 30.8 Å². The van der Waals surface area contributed by atoms with Crippen LogP contribution < -0.4 is 16.6 Å². The van der Waals surface area contributed by atoms with Crippen LogP contribution in [-0.4, -0.2) is 34.2 Å². The maximum Gasteiger partial charge on any atom is 0.183 e. The van der Waals surface area contributed by atoms with E-state index in [4.69, 9.17) is 5.84 Å². The van der Waals surface area contributed by atoms with Gasteiger partial charge in [-0.1, -0.05) is 6.07 Å². The van der Waals surface area contributed by atoms with E-state index in [0.29, 0.717) is 23.9 Å². The van der Waals surface area contributed by atoms with E-state index in [0.717, 1.165) is 22.5 Å². The van der Waals surface area contributed by atoms with Crippen molar-refractivity contribution in [1.82, 2.24) is 29.1 Å². The predicted octanol–water partition coefficient (Wildman–Crippen LogP) is 0.915. The summed E-state index contributed by atoms with van der Waals surface area (Å²) in [6.07, 6.45) is 8.82. The Morgan fingerprint density at radius 3 is 2.74 bits per heavy atom. The van der Waals surface area contributed by atoms with Crippen molar-refractivity contribution in [2.45, 2.75) is 13.2 Å². The lowest BCUT2D eigenvalue weighted by atomic mass is 10.2. The first-order valence-electron chi connectivity index (χ1n) is 8.30. The highest BCUT2D eigenvalue weighted by molar-refractivity contribution is 5.65. The van der Waals surface area contributed by atoms with Crippen LogP contribution in [0.2, 0.25) is 0 Å². The molecule has 4 aromatic rings. The number of aliphatic hydroxyl groups is 1. The molecular weight excluding hydrogens is 346 g/mol. The maximum absolute atomic E-state index is 9.41. The van der Waals surface area contributed by atoms with Gasteiger partial charge in [0, 0.05) is 31.5 Å². The molecule has 0 spiro atoms. The molecule has 4 aromatic heterocycles. The molecule has 27 heavy (non-hydrogen) atoms. The number of anilines is 2. The Morgan fingerprint density at radius 1 is 1.11 bits per heavy atom. The Balaban J connectivity index is 1.60. The number of hydrazine groups is 1. The van der Waals surface area contributed by atoms with Crippen molar-refractivity contribution in [3.05, 3.63) is 54.4 Å². The molecule has 0 aliphatic carbocycles. The number of aryl methyl sites for hydroxylation is 1. The zero-order valence-corrected chi connectivity index (χ0v) is 14.7. The number of hydrogen-bond donors (Lipinski definition) is 4. The van der Waals surface area contributed by atoms with Crippen molar-refractivity contribution in [3.8, 4) is 11.3 Å². The van der Waals surface area contributed by atoms with Crippen LogP contribution in [-0.2, 0) is 20.2 Å². The summed E-state index contributed by atoms with van der Waals surface area (Å²) in [7, 11) is 1.85. The summed E-state index contributed by atoms with van der Waals surface area (Å²) in [6.45, 7) is 0.427. The van der Waals surface area contributed by atoms with Gasteiger partial charge in [0.15, 0.2) is 11.6 Å². The van der Waals surface area contributed by atoms with Crippen LogP contribution in [0.15, 0.2) is 43.1 Å². The minimum Gasteiger partial charge on any atom is -0.390 e. The van der Waals surface area contributed by atoms with E-state index < -0.39 is 0 Å². The minimum absolute atomic E-state index is 0.0715. The monoisotopic (exact) mass is 365 g/mol. The summed E-state index contributed by atoms with van der Waals surface area (Å²) in [5.74, 6) is 6.54. The van der Waals surface area contributed by atoms with Crippen LogP contribution in [0.25, 0.3) is 16.9 Å². The van der Waals surface area contributed by atoms with E-state index in [9.17, 15) is 5.11 Å². The Kier molecular flexibility index (Phi) is 4.40. The Bertz CT molecular complexity index is 1090. The first-order valence-corrected chi connectivity index (χ1v) is 8.30. The molecule has 5 N–H and O–H groups in total. The van der Waals surface area contributed by atoms with E-state index >= 15 is 0 Å². The molecule has 0 aliphatic heterocycles. The molecule has 4 heterocycles. The third-order valence-corrected chi connectivity index (χ3v) is 4.18. The number of fused-ring (bicyclic) bond motifs is 1. The molecule has 0 amide bonds. The van der Waals surface area contributed by atoms with E-state index in [1.807, 2.05) is 36.0 Å². The lowest BCUT2D eigenvalue weighted by Gasteiger charge is -2.11. The number of imidazole rings is 1. The van der Waals surface area contributed by atoms with Gasteiger partial charge in [0.25, 0.3) is 0 Å². The molecule has 0 unspecified atom stereocenters. The van der Waals surface area contributed by atoms with Gasteiger partial charge >= 0.3 is 0 Å². The number of nitrogens with one attached hydrogen (secondary N) is 2. The van der Waals surface area contributed by atoms with Gasteiger partial charge in [0.1, 0.15) is 5.65 Å². The fourth-order valence-electron chi connectivity index (χ4n) is 2.79. The number of hydrogen-bond acceptors (Lipinski definition) is 8. The SMILES string of the molecule is Cn1cc(-c2cnc(NN)c(NCc3ccc4ncc(CO)n4c3)n2)cn1. The number of nitrogens with two attached hydrogens (primary N) is 1. The molecule has 10 heteroatoms. The largest absolute Gasteiger partial charge is 0.390 e. The van der Waals surface area contributed by atoms with Gasteiger partial charge in [0.05, 0.1) is 36.6 Å². The van der Waals surface area contributed by atoms with Crippen LogP contribution in [0.4, 0.5) is 11.6 Å². The number of nitrogen functional groups attached to an aromatic ring is 1. The molecule has 0 radical (unpaired) electrons. The second-order valence-electron chi connectivity index (χ2n) is 6.03. The quantitative estimate of drug-likeness (QED) is 0.293. The van der Waals surface area contributed by atoms with Crippen LogP contribution in [0, 0.1) is 0 Å². The average Bonchev–Trinajstić information content (AvgIpc) is 3.31. The minimum atomic E-state index is -0.0715. The highest BCUT2D eigenvalue weighted by Crippen LogP contribution is 2.22. The predicted molar refractivity (Wildman–Crippen MR) is 100 cm³/mol. The number of pyridine rings is 1. The van der Waals surface area contributed by atoms with Gasteiger partial charge in [0.2, 0.25) is 0 Å². The molecule has 0 aromatic carbocycles. The summed E-state index contributed by atoms with van der Waals surface area (Å²) in [4.78, 5) is 13.2. The zero-order chi connectivity index (χ0) is 18.8. The van der Waals surface area contributed by atoms with Crippen molar-refractivity contribution in [2.24, 2.45) is 12.9 Å². The molecular formula is C17H19N9O. The molecule has 0 saturated carbocycles. The van der Waals surface area contributed by atoms with Crippen molar-refractivity contribution in [1.29, 1.82) is 0 Å². The van der Waals surface area contributed by atoms with Gasteiger partial charge in [-0.2, -0.15) is 5.10 Å². The normalized spacial score (nSPS) is 11.1. The van der Waals surface area contributed by atoms with Gasteiger partial charge in [-0.15, -0.1) is 0 Å². The summed E-state index contributed by atoms with van der Waals surface area (Å²) in [6, 6.07) is 3.86. The van der Waals surface area contributed by atoms with Gasteiger partial charge in [-0.05, 0) is 11.6 Å².